The Morgan fingerprint density at radius 1 is 1.60 bits per heavy atom. The molecule has 82 valence electrons. The van der Waals surface area contributed by atoms with Gasteiger partial charge >= 0.3 is 0 Å². The van der Waals surface area contributed by atoms with Crippen molar-refractivity contribution in [2.75, 3.05) is 6.54 Å². The summed E-state index contributed by atoms with van der Waals surface area (Å²) in [7, 11) is 0. The highest BCUT2D eigenvalue weighted by molar-refractivity contribution is 7.09. The van der Waals surface area contributed by atoms with E-state index in [1.807, 2.05) is 12.3 Å². The van der Waals surface area contributed by atoms with Crippen molar-refractivity contribution in [3.05, 3.63) is 16.1 Å². The molecule has 1 heterocycles. The van der Waals surface area contributed by atoms with Crippen LogP contribution in [0.3, 0.4) is 0 Å². The van der Waals surface area contributed by atoms with E-state index >= 15 is 0 Å². The molecule has 0 aliphatic carbocycles. The van der Waals surface area contributed by atoms with E-state index in [1.54, 1.807) is 0 Å². The van der Waals surface area contributed by atoms with Crippen LogP contribution in [0.25, 0.3) is 0 Å². The van der Waals surface area contributed by atoms with Crippen LogP contribution < -0.4 is 11.1 Å². The lowest BCUT2D eigenvalue weighted by Crippen LogP contribution is -2.29. The van der Waals surface area contributed by atoms with Crippen molar-refractivity contribution in [1.82, 2.24) is 10.3 Å². The Hall–Kier alpha value is -1.43. The normalized spacial score (nSPS) is 9.93. The summed E-state index contributed by atoms with van der Waals surface area (Å²) < 4.78 is 0. The zero-order chi connectivity index (χ0) is 11.3. The predicted octanol–water partition coefficient (Wildman–Crippen LogP) is -0.0144. The smallest absolute Gasteiger partial charge is 0.226 e. The molecular weight excluding hydrogens is 214 g/mol. The Bertz CT molecular complexity index is 362. The maximum absolute atomic E-state index is 11.3. The van der Waals surface area contributed by atoms with Crippen molar-refractivity contribution >= 4 is 23.2 Å². The first kappa shape index (κ1) is 11.6. The first-order valence-corrected chi connectivity index (χ1v) is 5.42. The van der Waals surface area contributed by atoms with Crippen LogP contribution in [-0.4, -0.2) is 23.3 Å². The molecule has 1 rings (SSSR count). The molecule has 3 N–H and O–H groups in total. The third-order valence-corrected chi connectivity index (χ3v) is 2.52. The minimum absolute atomic E-state index is 0.137. The van der Waals surface area contributed by atoms with Gasteiger partial charge < -0.3 is 11.1 Å². The van der Waals surface area contributed by atoms with Crippen LogP contribution in [0.1, 0.15) is 17.1 Å². The van der Waals surface area contributed by atoms with Gasteiger partial charge in [-0.15, -0.1) is 11.3 Å². The summed E-state index contributed by atoms with van der Waals surface area (Å²) in [5, 5.41) is 5.39. The van der Waals surface area contributed by atoms with Crippen molar-refractivity contribution in [2.45, 2.75) is 19.8 Å². The maximum atomic E-state index is 11.3. The van der Waals surface area contributed by atoms with Crippen molar-refractivity contribution < 1.29 is 9.59 Å². The van der Waals surface area contributed by atoms with Gasteiger partial charge in [-0.1, -0.05) is 0 Å². The topological polar surface area (TPSA) is 85.1 Å². The number of carbonyl (C=O) groups excluding carboxylic acids is 2. The van der Waals surface area contributed by atoms with Gasteiger partial charge in [0.2, 0.25) is 11.8 Å². The number of aromatic nitrogens is 1. The average Bonchev–Trinajstić information content (AvgIpc) is 2.50. The van der Waals surface area contributed by atoms with Crippen molar-refractivity contribution in [1.29, 1.82) is 0 Å². The average molecular weight is 227 g/mol. The van der Waals surface area contributed by atoms with Gasteiger partial charge in [0.25, 0.3) is 0 Å². The fourth-order valence-electron chi connectivity index (χ4n) is 1.04. The van der Waals surface area contributed by atoms with Gasteiger partial charge in [-0.3, -0.25) is 9.59 Å². The van der Waals surface area contributed by atoms with Gasteiger partial charge in [0.1, 0.15) is 0 Å². The Morgan fingerprint density at radius 3 is 2.87 bits per heavy atom. The summed E-state index contributed by atoms with van der Waals surface area (Å²) in [5.74, 6) is -0.554. The number of nitrogens with zero attached hydrogens (tertiary/aromatic N) is 1. The zero-order valence-corrected chi connectivity index (χ0v) is 9.26. The lowest BCUT2D eigenvalue weighted by atomic mass is 10.3. The highest BCUT2D eigenvalue weighted by atomic mass is 32.1. The van der Waals surface area contributed by atoms with E-state index in [0.717, 1.165) is 10.7 Å². The van der Waals surface area contributed by atoms with Crippen LogP contribution in [0.5, 0.6) is 0 Å². The second-order valence-electron chi connectivity index (χ2n) is 3.10. The highest BCUT2D eigenvalue weighted by Crippen LogP contribution is 2.07. The number of primary amides is 1. The Labute approximate surface area is 91.7 Å². The Kier molecular flexibility index (Phi) is 4.23. The fourth-order valence-corrected chi connectivity index (χ4v) is 1.65. The van der Waals surface area contributed by atoms with Crippen LogP contribution in [0, 0.1) is 6.92 Å². The molecule has 1 aromatic rings. The van der Waals surface area contributed by atoms with Gasteiger partial charge in [0.15, 0.2) is 0 Å². The number of thiazole rings is 1. The summed E-state index contributed by atoms with van der Waals surface area (Å²) in [5.41, 5.74) is 5.69. The number of rotatable bonds is 5. The molecule has 0 aromatic carbocycles. The monoisotopic (exact) mass is 227 g/mol. The number of carbonyl (C=O) groups is 2. The van der Waals surface area contributed by atoms with Gasteiger partial charge in [0.05, 0.1) is 17.1 Å². The van der Waals surface area contributed by atoms with Crippen molar-refractivity contribution in [3.63, 3.8) is 0 Å². The van der Waals surface area contributed by atoms with E-state index < -0.39 is 5.91 Å². The number of hydrogen-bond acceptors (Lipinski definition) is 4. The highest BCUT2D eigenvalue weighted by Gasteiger charge is 2.05. The Balaban J connectivity index is 2.27. The minimum Gasteiger partial charge on any atom is -0.370 e. The molecule has 0 fully saturated rings. The number of nitrogens with one attached hydrogen (secondary N) is 1. The first-order valence-electron chi connectivity index (χ1n) is 4.54. The molecule has 0 aliphatic heterocycles. The number of aryl methyl sites for hydroxylation is 1. The zero-order valence-electron chi connectivity index (χ0n) is 8.45. The van der Waals surface area contributed by atoms with E-state index in [9.17, 15) is 9.59 Å². The molecule has 0 spiro atoms. The standard InChI is InChI=1S/C9H13N3O2S/c1-6-12-7(5-15-6)4-9(14)11-3-2-8(10)13/h5H,2-4H2,1H3,(H2,10,13)(H,11,14). The second kappa shape index (κ2) is 5.45. The molecule has 0 bridgehead atoms. The largest absolute Gasteiger partial charge is 0.370 e. The molecule has 15 heavy (non-hydrogen) atoms. The van der Waals surface area contributed by atoms with E-state index in [-0.39, 0.29) is 25.3 Å². The van der Waals surface area contributed by atoms with Gasteiger partial charge in [-0.2, -0.15) is 0 Å². The molecule has 1 aromatic heterocycles. The van der Waals surface area contributed by atoms with Crippen LogP contribution >= 0.6 is 11.3 Å². The van der Waals surface area contributed by atoms with Crippen LogP contribution in [0.2, 0.25) is 0 Å². The molecule has 0 radical (unpaired) electrons. The quantitative estimate of drug-likeness (QED) is 0.741. The van der Waals surface area contributed by atoms with Crippen LogP contribution in [0.4, 0.5) is 0 Å². The molecule has 5 nitrogen and oxygen atoms in total. The Morgan fingerprint density at radius 2 is 2.33 bits per heavy atom. The SMILES string of the molecule is Cc1nc(CC(=O)NCCC(N)=O)cs1. The third kappa shape index (κ3) is 4.55. The summed E-state index contributed by atoms with van der Waals surface area (Å²) in [6, 6.07) is 0. The molecule has 0 unspecified atom stereocenters. The molecule has 0 saturated carbocycles. The van der Waals surface area contributed by atoms with E-state index in [4.69, 9.17) is 5.73 Å². The van der Waals surface area contributed by atoms with Crippen LogP contribution in [0.15, 0.2) is 5.38 Å². The lowest BCUT2D eigenvalue weighted by Gasteiger charge is -2.01. The third-order valence-electron chi connectivity index (χ3n) is 1.70. The molecule has 6 heteroatoms. The number of amides is 2. The number of hydrogen-bond donors (Lipinski definition) is 2. The fraction of sp³-hybridized carbons (Fsp3) is 0.444. The molecule has 0 atom stereocenters. The minimum atomic E-state index is -0.417. The molecular formula is C9H13N3O2S. The summed E-state index contributed by atoms with van der Waals surface area (Å²) in [4.78, 5) is 25.9. The number of nitrogens with two attached hydrogens (primary N) is 1. The van der Waals surface area contributed by atoms with Crippen molar-refractivity contribution in [2.24, 2.45) is 5.73 Å². The van der Waals surface area contributed by atoms with Gasteiger partial charge in [-0.25, -0.2) is 4.98 Å². The molecule has 0 saturated heterocycles. The second-order valence-corrected chi connectivity index (χ2v) is 4.16. The maximum Gasteiger partial charge on any atom is 0.226 e. The summed E-state index contributed by atoms with van der Waals surface area (Å²) in [6.45, 7) is 2.18. The summed E-state index contributed by atoms with van der Waals surface area (Å²) >= 11 is 1.51. The summed E-state index contributed by atoms with van der Waals surface area (Å²) in [6.07, 6.45) is 0.422. The van der Waals surface area contributed by atoms with Gasteiger partial charge in [-0.05, 0) is 6.92 Å². The lowest BCUT2D eigenvalue weighted by molar-refractivity contribution is -0.120. The van der Waals surface area contributed by atoms with Gasteiger partial charge in [0, 0.05) is 18.3 Å². The predicted molar refractivity (Wildman–Crippen MR) is 57.4 cm³/mol. The van der Waals surface area contributed by atoms with E-state index in [0.29, 0.717) is 0 Å². The van der Waals surface area contributed by atoms with E-state index in [2.05, 4.69) is 10.3 Å². The van der Waals surface area contributed by atoms with Crippen molar-refractivity contribution in [3.8, 4) is 0 Å². The van der Waals surface area contributed by atoms with Crippen LogP contribution in [-0.2, 0) is 16.0 Å². The molecule has 0 aliphatic rings. The first-order chi connectivity index (χ1) is 7.08. The molecule has 2 amide bonds. The van der Waals surface area contributed by atoms with E-state index in [1.165, 1.54) is 11.3 Å².